The van der Waals surface area contributed by atoms with Crippen LogP contribution < -0.4 is 5.32 Å². The highest BCUT2D eigenvalue weighted by Gasteiger charge is 2.28. The van der Waals surface area contributed by atoms with Gasteiger partial charge in [-0.2, -0.15) is 0 Å². The molecule has 0 spiro atoms. The van der Waals surface area contributed by atoms with E-state index >= 15 is 0 Å². The minimum absolute atomic E-state index is 0.111. The molecule has 22 heavy (non-hydrogen) atoms. The third kappa shape index (κ3) is 2.74. The van der Waals surface area contributed by atoms with E-state index in [1.165, 1.54) is 0 Å². The summed E-state index contributed by atoms with van der Waals surface area (Å²) < 4.78 is 7.16. The zero-order valence-corrected chi connectivity index (χ0v) is 13.0. The number of carbonyl (C=O) groups is 1. The second-order valence-corrected chi connectivity index (χ2v) is 5.51. The lowest BCUT2D eigenvalue weighted by molar-refractivity contribution is -0.121. The highest BCUT2D eigenvalue weighted by atomic mass is 16.5. The Morgan fingerprint density at radius 3 is 2.95 bits per heavy atom. The Morgan fingerprint density at radius 1 is 1.45 bits per heavy atom. The van der Waals surface area contributed by atoms with Crippen LogP contribution in [0, 0.1) is 6.92 Å². The number of rotatable bonds is 4. The summed E-state index contributed by atoms with van der Waals surface area (Å²) in [7, 11) is 0. The first kappa shape index (κ1) is 14.7. The Morgan fingerprint density at radius 2 is 2.27 bits per heavy atom. The molecule has 3 rings (SSSR count). The Hall–Kier alpha value is -2.22. The first-order chi connectivity index (χ1) is 10.6. The molecule has 1 aliphatic rings. The molecule has 0 bridgehead atoms. The van der Waals surface area contributed by atoms with Gasteiger partial charge in [-0.1, -0.05) is 12.1 Å². The van der Waals surface area contributed by atoms with Gasteiger partial charge in [0, 0.05) is 25.6 Å². The van der Waals surface area contributed by atoms with E-state index < -0.39 is 0 Å². The van der Waals surface area contributed by atoms with E-state index in [-0.39, 0.29) is 11.9 Å². The highest BCUT2D eigenvalue weighted by Crippen LogP contribution is 2.16. The van der Waals surface area contributed by atoms with E-state index in [1.807, 2.05) is 13.8 Å². The number of anilines is 1. The number of fused-ring (bicyclic) bond motifs is 1. The molecular formula is C14H20N6O2. The number of aryl methyl sites for hydroxylation is 2. The van der Waals surface area contributed by atoms with Crippen LogP contribution in [0.3, 0.4) is 0 Å². The van der Waals surface area contributed by atoms with Crippen molar-refractivity contribution in [2.75, 3.05) is 11.9 Å². The second kappa shape index (κ2) is 5.88. The first-order valence-corrected chi connectivity index (χ1v) is 7.47. The Labute approximate surface area is 128 Å². The summed E-state index contributed by atoms with van der Waals surface area (Å²) >= 11 is 0. The molecule has 1 N–H and O–H groups in total. The van der Waals surface area contributed by atoms with Crippen molar-refractivity contribution in [1.29, 1.82) is 0 Å². The summed E-state index contributed by atoms with van der Waals surface area (Å²) in [5.74, 6) is 2.18. The summed E-state index contributed by atoms with van der Waals surface area (Å²) in [6.45, 7) is 7.99. The van der Waals surface area contributed by atoms with Crippen LogP contribution in [0.15, 0.2) is 10.6 Å². The maximum absolute atomic E-state index is 12.3. The van der Waals surface area contributed by atoms with Crippen molar-refractivity contribution in [2.24, 2.45) is 0 Å². The lowest BCUT2D eigenvalue weighted by Gasteiger charge is -2.31. The molecule has 2 aromatic rings. The van der Waals surface area contributed by atoms with Crippen LogP contribution in [0.1, 0.15) is 31.2 Å². The predicted octanol–water partition coefficient (Wildman–Crippen LogP) is 0.980. The standard InChI is InChI=1S/C14H20N6O2/c1-4-11-16-17-12-8-19(5-6-20(11)12)10(3)14(21)15-13-7-9(2)18-22-13/h7,10H,4-6,8H2,1-3H3,(H,15,21)/t10-/m1/s1. The normalized spacial score (nSPS) is 16.3. The van der Waals surface area contributed by atoms with Crippen LogP contribution in [0.25, 0.3) is 0 Å². The lowest BCUT2D eigenvalue weighted by atomic mass is 10.2. The molecule has 0 aromatic carbocycles. The monoisotopic (exact) mass is 304 g/mol. The number of aromatic nitrogens is 4. The highest BCUT2D eigenvalue weighted by molar-refractivity contribution is 5.93. The molecule has 3 heterocycles. The largest absolute Gasteiger partial charge is 0.338 e. The Balaban J connectivity index is 1.65. The quantitative estimate of drug-likeness (QED) is 0.905. The third-order valence-electron chi connectivity index (χ3n) is 3.98. The molecule has 0 radical (unpaired) electrons. The smallest absolute Gasteiger partial charge is 0.243 e. The average Bonchev–Trinajstić information content (AvgIpc) is 3.11. The van der Waals surface area contributed by atoms with Gasteiger partial charge in [-0.15, -0.1) is 10.2 Å². The van der Waals surface area contributed by atoms with Crippen molar-refractivity contribution < 1.29 is 9.32 Å². The summed E-state index contributed by atoms with van der Waals surface area (Å²) in [5.41, 5.74) is 0.737. The van der Waals surface area contributed by atoms with E-state index in [9.17, 15) is 4.79 Å². The molecule has 0 saturated carbocycles. The van der Waals surface area contributed by atoms with Crippen LogP contribution in [0.5, 0.6) is 0 Å². The van der Waals surface area contributed by atoms with Crippen LogP contribution in [0.2, 0.25) is 0 Å². The van der Waals surface area contributed by atoms with E-state index in [4.69, 9.17) is 4.52 Å². The first-order valence-electron chi connectivity index (χ1n) is 7.47. The average molecular weight is 304 g/mol. The predicted molar refractivity (Wildman–Crippen MR) is 79.1 cm³/mol. The van der Waals surface area contributed by atoms with Crippen molar-refractivity contribution in [2.45, 2.75) is 46.3 Å². The van der Waals surface area contributed by atoms with Gasteiger partial charge < -0.3 is 9.09 Å². The summed E-state index contributed by atoms with van der Waals surface area (Å²) in [4.78, 5) is 14.4. The van der Waals surface area contributed by atoms with Gasteiger partial charge in [0.2, 0.25) is 11.8 Å². The Kier molecular flexibility index (Phi) is 3.93. The molecule has 1 amide bonds. The lowest BCUT2D eigenvalue weighted by Crippen LogP contribution is -2.46. The summed E-state index contributed by atoms with van der Waals surface area (Å²) in [6.07, 6.45) is 0.869. The molecule has 0 fully saturated rings. The molecule has 0 aliphatic carbocycles. The Bertz CT molecular complexity index is 677. The minimum Gasteiger partial charge on any atom is -0.338 e. The van der Waals surface area contributed by atoms with Crippen LogP contribution in [-0.4, -0.2) is 43.3 Å². The fourth-order valence-electron chi connectivity index (χ4n) is 2.64. The molecule has 0 saturated heterocycles. The molecule has 1 atom stereocenters. The van der Waals surface area contributed by atoms with Gasteiger partial charge in [0.1, 0.15) is 11.6 Å². The maximum atomic E-state index is 12.3. The number of carbonyl (C=O) groups excluding carboxylic acids is 1. The van der Waals surface area contributed by atoms with Crippen molar-refractivity contribution >= 4 is 11.8 Å². The van der Waals surface area contributed by atoms with E-state index in [0.29, 0.717) is 12.4 Å². The third-order valence-corrected chi connectivity index (χ3v) is 3.98. The van der Waals surface area contributed by atoms with Crippen molar-refractivity contribution in [1.82, 2.24) is 24.8 Å². The number of amides is 1. The van der Waals surface area contributed by atoms with Crippen molar-refractivity contribution in [3.05, 3.63) is 23.4 Å². The number of nitrogens with one attached hydrogen (secondary N) is 1. The number of hydrogen-bond acceptors (Lipinski definition) is 6. The van der Waals surface area contributed by atoms with Gasteiger partial charge in [-0.05, 0) is 13.8 Å². The number of nitrogens with zero attached hydrogens (tertiary/aromatic N) is 5. The molecular weight excluding hydrogens is 284 g/mol. The summed E-state index contributed by atoms with van der Waals surface area (Å²) in [6, 6.07) is 1.42. The fourth-order valence-corrected chi connectivity index (χ4v) is 2.64. The molecule has 8 nitrogen and oxygen atoms in total. The zero-order valence-electron chi connectivity index (χ0n) is 13.0. The second-order valence-electron chi connectivity index (χ2n) is 5.51. The van der Waals surface area contributed by atoms with Gasteiger partial charge in [-0.25, -0.2) is 0 Å². The van der Waals surface area contributed by atoms with Gasteiger partial charge in [0.25, 0.3) is 0 Å². The van der Waals surface area contributed by atoms with E-state index in [0.717, 1.165) is 36.9 Å². The van der Waals surface area contributed by atoms with Crippen molar-refractivity contribution in [3.8, 4) is 0 Å². The molecule has 1 aliphatic heterocycles. The summed E-state index contributed by atoms with van der Waals surface area (Å²) in [5, 5.41) is 14.9. The van der Waals surface area contributed by atoms with Crippen molar-refractivity contribution in [3.63, 3.8) is 0 Å². The fraction of sp³-hybridized carbons (Fsp3) is 0.571. The molecule has 0 unspecified atom stereocenters. The van der Waals surface area contributed by atoms with E-state index in [2.05, 4.69) is 37.1 Å². The molecule has 118 valence electrons. The van der Waals surface area contributed by atoms with Crippen LogP contribution in [0.4, 0.5) is 5.88 Å². The van der Waals surface area contributed by atoms with Crippen LogP contribution in [-0.2, 0) is 24.3 Å². The van der Waals surface area contributed by atoms with E-state index in [1.54, 1.807) is 6.07 Å². The maximum Gasteiger partial charge on any atom is 0.243 e. The molecule has 2 aromatic heterocycles. The molecule has 8 heteroatoms. The van der Waals surface area contributed by atoms with Gasteiger partial charge >= 0.3 is 0 Å². The number of hydrogen-bond donors (Lipinski definition) is 1. The zero-order chi connectivity index (χ0) is 15.7. The SMILES string of the molecule is CCc1nnc2n1CCN([C@H](C)C(=O)Nc1cc(C)no1)C2. The minimum atomic E-state index is -0.277. The van der Waals surface area contributed by atoms with Gasteiger partial charge in [0.05, 0.1) is 18.3 Å². The topological polar surface area (TPSA) is 89.1 Å². The van der Waals surface area contributed by atoms with Crippen LogP contribution >= 0.6 is 0 Å². The van der Waals surface area contributed by atoms with Gasteiger partial charge in [-0.3, -0.25) is 15.0 Å². The van der Waals surface area contributed by atoms with Gasteiger partial charge in [0.15, 0.2) is 0 Å².